The summed E-state index contributed by atoms with van der Waals surface area (Å²) in [6.45, 7) is 1.87. The van der Waals surface area contributed by atoms with Crippen molar-refractivity contribution in [3.8, 4) is 0 Å². The molecule has 0 aliphatic carbocycles. The molecule has 1 amide bonds. The molecule has 0 saturated carbocycles. The summed E-state index contributed by atoms with van der Waals surface area (Å²) in [5.74, 6) is 0.297. The summed E-state index contributed by atoms with van der Waals surface area (Å²) in [6, 6.07) is 5.26. The average Bonchev–Trinajstić information content (AvgIpc) is 2.43. The molecular formula is C13H13BrN4O. The maximum Gasteiger partial charge on any atom is 0.259 e. The lowest BCUT2D eigenvalue weighted by Gasteiger charge is -2.09. The lowest BCUT2D eigenvalue weighted by atomic mass is 10.2. The van der Waals surface area contributed by atoms with Crippen molar-refractivity contribution in [2.45, 2.75) is 6.92 Å². The summed E-state index contributed by atoms with van der Waals surface area (Å²) < 4.78 is 0.908. The number of carbonyl (C=O) groups excluding carboxylic acids is 1. The molecule has 0 aliphatic rings. The van der Waals surface area contributed by atoms with Gasteiger partial charge in [-0.05, 0) is 41.1 Å². The summed E-state index contributed by atoms with van der Waals surface area (Å²) in [6.07, 6.45) is 3.19. The second-order valence-electron chi connectivity index (χ2n) is 3.89. The molecule has 0 bridgehead atoms. The molecule has 0 atom stereocenters. The Kier molecular flexibility index (Phi) is 4.11. The molecule has 2 aromatic heterocycles. The topological polar surface area (TPSA) is 66.9 Å². The van der Waals surface area contributed by atoms with Gasteiger partial charge in [-0.3, -0.25) is 9.78 Å². The summed E-state index contributed by atoms with van der Waals surface area (Å²) in [5, 5.41) is 5.69. The van der Waals surface area contributed by atoms with Gasteiger partial charge in [-0.1, -0.05) is 0 Å². The van der Waals surface area contributed by atoms with Gasteiger partial charge in [0.15, 0.2) is 0 Å². The average molecular weight is 321 g/mol. The standard InChI is InChI=1S/C13H13BrN4O/c1-8-10(14)3-4-12(17-8)18-13(19)9-5-6-16-7-11(9)15-2/h3-7,15H,1-2H3,(H,17,18,19). The molecule has 2 rings (SSSR count). The third-order valence-electron chi connectivity index (χ3n) is 2.60. The SMILES string of the molecule is CNc1cnccc1C(=O)Nc1ccc(Br)c(C)n1. The number of amides is 1. The van der Waals surface area contributed by atoms with Crippen LogP contribution in [0.25, 0.3) is 0 Å². The van der Waals surface area contributed by atoms with Crippen molar-refractivity contribution >= 4 is 33.3 Å². The quantitative estimate of drug-likeness (QED) is 0.912. The van der Waals surface area contributed by atoms with Crippen LogP contribution >= 0.6 is 15.9 Å². The van der Waals surface area contributed by atoms with Gasteiger partial charge in [0.1, 0.15) is 5.82 Å². The fraction of sp³-hybridized carbons (Fsp3) is 0.154. The number of pyridine rings is 2. The zero-order valence-corrected chi connectivity index (χ0v) is 12.2. The number of anilines is 2. The molecule has 19 heavy (non-hydrogen) atoms. The van der Waals surface area contributed by atoms with E-state index in [-0.39, 0.29) is 5.91 Å². The van der Waals surface area contributed by atoms with E-state index in [2.05, 4.69) is 36.5 Å². The van der Waals surface area contributed by atoms with Gasteiger partial charge in [0, 0.05) is 17.7 Å². The first kappa shape index (κ1) is 13.5. The number of nitrogens with one attached hydrogen (secondary N) is 2. The van der Waals surface area contributed by atoms with E-state index in [1.807, 2.05) is 13.0 Å². The highest BCUT2D eigenvalue weighted by molar-refractivity contribution is 9.10. The minimum atomic E-state index is -0.221. The first-order chi connectivity index (χ1) is 9.11. The Hall–Kier alpha value is -1.95. The summed E-state index contributed by atoms with van der Waals surface area (Å²) in [5.41, 5.74) is 2.02. The van der Waals surface area contributed by atoms with Gasteiger partial charge in [-0.2, -0.15) is 0 Å². The van der Waals surface area contributed by atoms with Crippen molar-refractivity contribution in [3.63, 3.8) is 0 Å². The van der Waals surface area contributed by atoms with Gasteiger partial charge in [0.2, 0.25) is 0 Å². The molecule has 2 aromatic rings. The maximum atomic E-state index is 12.2. The van der Waals surface area contributed by atoms with E-state index in [0.717, 1.165) is 10.2 Å². The van der Waals surface area contributed by atoms with E-state index in [4.69, 9.17) is 0 Å². The second kappa shape index (κ2) is 5.79. The molecule has 0 fully saturated rings. The van der Waals surface area contributed by atoms with Gasteiger partial charge >= 0.3 is 0 Å². The van der Waals surface area contributed by atoms with Gasteiger partial charge in [-0.15, -0.1) is 0 Å². The van der Waals surface area contributed by atoms with Gasteiger partial charge in [0.25, 0.3) is 5.91 Å². The lowest BCUT2D eigenvalue weighted by Crippen LogP contribution is -2.15. The lowest BCUT2D eigenvalue weighted by molar-refractivity contribution is 0.102. The summed E-state index contributed by atoms with van der Waals surface area (Å²) >= 11 is 3.37. The van der Waals surface area contributed by atoms with E-state index in [1.54, 1.807) is 31.6 Å². The molecule has 0 radical (unpaired) electrons. The van der Waals surface area contributed by atoms with E-state index >= 15 is 0 Å². The van der Waals surface area contributed by atoms with Crippen LogP contribution in [0, 0.1) is 6.92 Å². The molecule has 5 nitrogen and oxygen atoms in total. The van der Waals surface area contributed by atoms with E-state index in [9.17, 15) is 4.79 Å². The van der Waals surface area contributed by atoms with Crippen LogP contribution in [0.5, 0.6) is 0 Å². The fourth-order valence-corrected chi connectivity index (χ4v) is 1.81. The molecule has 0 aromatic carbocycles. The Morgan fingerprint density at radius 2 is 2.11 bits per heavy atom. The normalized spacial score (nSPS) is 10.1. The molecule has 0 aliphatic heterocycles. The number of aromatic nitrogens is 2. The first-order valence-electron chi connectivity index (χ1n) is 5.68. The zero-order valence-electron chi connectivity index (χ0n) is 10.6. The van der Waals surface area contributed by atoms with Crippen molar-refractivity contribution in [2.75, 3.05) is 17.7 Å². The van der Waals surface area contributed by atoms with Gasteiger partial charge in [-0.25, -0.2) is 4.98 Å². The van der Waals surface area contributed by atoms with Crippen molar-refractivity contribution < 1.29 is 4.79 Å². The number of hydrogen-bond acceptors (Lipinski definition) is 4. The number of rotatable bonds is 3. The third-order valence-corrected chi connectivity index (χ3v) is 3.44. The van der Waals surface area contributed by atoms with Crippen molar-refractivity contribution in [3.05, 3.63) is 46.3 Å². The number of hydrogen-bond donors (Lipinski definition) is 2. The Bertz CT molecular complexity index is 615. The summed E-state index contributed by atoms with van der Waals surface area (Å²) in [7, 11) is 1.75. The molecule has 0 saturated heterocycles. The fourth-order valence-electron chi connectivity index (χ4n) is 1.59. The van der Waals surface area contributed by atoms with Crippen LogP contribution in [0.1, 0.15) is 16.1 Å². The number of carbonyl (C=O) groups is 1. The minimum Gasteiger partial charge on any atom is -0.386 e. The number of nitrogens with zero attached hydrogens (tertiary/aromatic N) is 2. The van der Waals surface area contributed by atoms with Crippen LogP contribution in [0.15, 0.2) is 35.1 Å². The van der Waals surface area contributed by atoms with Crippen molar-refractivity contribution in [1.29, 1.82) is 0 Å². The smallest absolute Gasteiger partial charge is 0.259 e. The van der Waals surface area contributed by atoms with Crippen LogP contribution < -0.4 is 10.6 Å². The van der Waals surface area contributed by atoms with Crippen molar-refractivity contribution in [1.82, 2.24) is 9.97 Å². The third kappa shape index (κ3) is 3.08. The summed E-state index contributed by atoms with van der Waals surface area (Å²) in [4.78, 5) is 20.4. The molecular weight excluding hydrogens is 308 g/mol. The van der Waals surface area contributed by atoms with Gasteiger partial charge in [0.05, 0.1) is 23.1 Å². The largest absolute Gasteiger partial charge is 0.386 e. The van der Waals surface area contributed by atoms with E-state index in [0.29, 0.717) is 17.1 Å². The van der Waals surface area contributed by atoms with Crippen LogP contribution in [0.2, 0.25) is 0 Å². The zero-order chi connectivity index (χ0) is 13.8. The predicted octanol–water partition coefficient (Wildman–Crippen LogP) is 2.84. The van der Waals surface area contributed by atoms with Crippen LogP contribution in [-0.4, -0.2) is 22.9 Å². The second-order valence-corrected chi connectivity index (χ2v) is 4.74. The predicted molar refractivity (Wildman–Crippen MR) is 78.4 cm³/mol. The highest BCUT2D eigenvalue weighted by Gasteiger charge is 2.11. The van der Waals surface area contributed by atoms with Crippen LogP contribution in [0.3, 0.4) is 0 Å². The monoisotopic (exact) mass is 320 g/mol. The van der Waals surface area contributed by atoms with Crippen LogP contribution in [-0.2, 0) is 0 Å². The number of halogens is 1. The Balaban J connectivity index is 2.23. The molecule has 6 heteroatoms. The Morgan fingerprint density at radius 3 is 2.79 bits per heavy atom. The first-order valence-corrected chi connectivity index (χ1v) is 6.47. The highest BCUT2D eigenvalue weighted by atomic mass is 79.9. The molecule has 0 spiro atoms. The van der Waals surface area contributed by atoms with Crippen molar-refractivity contribution in [2.24, 2.45) is 0 Å². The molecule has 2 heterocycles. The maximum absolute atomic E-state index is 12.2. The van der Waals surface area contributed by atoms with Crippen LogP contribution in [0.4, 0.5) is 11.5 Å². The Labute approximate surface area is 119 Å². The minimum absolute atomic E-state index is 0.221. The molecule has 2 N–H and O–H groups in total. The van der Waals surface area contributed by atoms with E-state index in [1.165, 1.54) is 0 Å². The molecule has 98 valence electrons. The van der Waals surface area contributed by atoms with Gasteiger partial charge < -0.3 is 10.6 Å². The number of aryl methyl sites for hydroxylation is 1. The molecule has 0 unspecified atom stereocenters. The van der Waals surface area contributed by atoms with E-state index < -0.39 is 0 Å². The highest BCUT2D eigenvalue weighted by Crippen LogP contribution is 2.18. The Morgan fingerprint density at radius 1 is 1.32 bits per heavy atom.